The quantitative estimate of drug-likeness (QED) is 0.736. The Morgan fingerprint density at radius 3 is 2.32 bits per heavy atom. The summed E-state index contributed by atoms with van der Waals surface area (Å²) in [5, 5.41) is 0.486. The Hall–Kier alpha value is -1.96. The molecule has 0 saturated carbocycles. The Morgan fingerprint density at radius 2 is 1.71 bits per heavy atom. The van der Waals surface area contributed by atoms with Gasteiger partial charge in [0.15, 0.2) is 0 Å². The van der Waals surface area contributed by atoms with Gasteiger partial charge in [0.2, 0.25) is 0 Å². The van der Waals surface area contributed by atoms with Gasteiger partial charge in [0, 0.05) is 31.2 Å². The predicted molar refractivity (Wildman–Crippen MR) is 114 cm³/mol. The monoisotopic (exact) mass is 423 g/mol. The van der Waals surface area contributed by atoms with Gasteiger partial charge in [-0.25, -0.2) is 8.42 Å². The Labute approximate surface area is 172 Å². The van der Waals surface area contributed by atoms with Crippen LogP contribution in [0.3, 0.4) is 0 Å². The van der Waals surface area contributed by atoms with Gasteiger partial charge in [0.25, 0.3) is 10.0 Å². The zero-order valence-corrected chi connectivity index (χ0v) is 17.8. The summed E-state index contributed by atoms with van der Waals surface area (Å²) in [7, 11) is -3.74. The molecule has 0 aliphatic carbocycles. The van der Waals surface area contributed by atoms with Crippen LogP contribution in [0.25, 0.3) is 0 Å². The first-order valence-corrected chi connectivity index (χ1v) is 11.3. The number of hydrogen-bond donors (Lipinski definition) is 1. The highest BCUT2D eigenvalue weighted by atomic mass is 35.5. The smallest absolute Gasteiger partial charge is 0.261 e. The van der Waals surface area contributed by atoms with Crippen molar-refractivity contribution in [3.8, 4) is 5.75 Å². The second-order valence-electron chi connectivity index (χ2n) is 6.59. The number of nitrogens with one attached hydrogen (secondary N) is 1. The molecule has 152 valence electrons. The number of piperazine rings is 1. The van der Waals surface area contributed by atoms with Crippen LogP contribution in [0.4, 0.5) is 11.4 Å². The van der Waals surface area contributed by atoms with Gasteiger partial charge in [0.05, 0.1) is 22.9 Å². The van der Waals surface area contributed by atoms with Crippen LogP contribution in [-0.4, -0.2) is 52.6 Å². The Balaban J connectivity index is 1.83. The van der Waals surface area contributed by atoms with Gasteiger partial charge < -0.3 is 14.5 Å². The third kappa shape index (κ3) is 4.90. The Kier molecular flexibility index (Phi) is 6.69. The summed E-state index contributed by atoms with van der Waals surface area (Å²) in [5.74, 6) is 0.638. The lowest BCUT2D eigenvalue weighted by atomic mass is 10.2. The lowest BCUT2D eigenvalue weighted by molar-refractivity contribution is 0.271. The van der Waals surface area contributed by atoms with E-state index in [0.29, 0.717) is 23.1 Å². The second kappa shape index (κ2) is 9.03. The van der Waals surface area contributed by atoms with Crippen LogP contribution in [0.2, 0.25) is 5.02 Å². The molecule has 0 unspecified atom stereocenters. The Bertz CT molecular complexity index is 895. The first-order valence-electron chi connectivity index (χ1n) is 9.45. The molecule has 3 rings (SSSR count). The molecule has 8 heteroatoms. The third-order valence-corrected chi connectivity index (χ3v) is 6.42. The van der Waals surface area contributed by atoms with Gasteiger partial charge in [-0.1, -0.05) is 18.5 Å². The molecule has 0 aromatic heterocycles. The lowest BCUT2D eigenvalue weighted by Gasteiger charge is -2.36. The highest BCUT2D eigenvalue weighted by Crippen LogP contribution is 2.32. The van der Waals surface area contributed by atoms with E-state index < -0.39 is 10.0 Å². The molecule has 1 aliphatic heterocycles. The number of hydrogen-bond acceptors (Lipinski definition) is 5. The molecular weight excluding hydrogens is 398 g/mol. The minimum absolute atomic E-state index is 0.178. The van der Waals surface area contributed by atoms with E-state index in [4.69, 9.17) is 16.3 Å². The minimum Gasteiger partial charge on any atom is -0.494 e. The first kappa shape index (κ1) is 20.8. The summed E-state index contributed by atoms with van der Waals surface area (Å²) >= 11 is 6.15. The number of anilines is 2. The molecule has 1 aliphatic rings. The van der Waals surface area contributed by atoms with E-state index >= 15 is 0 Å². The van der Waals surface area contributed by atoms with Gasteiger partial charge >= 0.3 is 0 Å². The molecular formula is C20H26ClN3O3S. The van der Waals surface area contributed by atoms with Crippen LogP contribution in [0.1, 0.15) is 13.8 Å². The number of benzene rings is 2. The fourth-order valence-corrected chi connectivity index (χ4v) is 4.49. The molecule has 0 spiro atoms. The SMILES string of the molecule is CCOc1ccc(S(=O)(=O)Nc2cc(Cl)ccc2N2CCN(CC)CC2)cc1. The van der Waals surface area contributed by atoms with Crippen molar-refractivity contribution in [1.82, 2.24) is 4.90 Å². The normalized spacial score (nSPS) is 15.5. The van der Waals surface area contributed by atoms with E-state index in [1.165, 1.54) is 12.1 Å². The molecule has 0 radical (unpaired) electrons. The minimum atomic E-state index is -3.74. The van der Waals surface area contributed by atoms with Gasteiger partial charge in [-0.05, 0) is 55.9 Å². The number of halogens is 1. The van der Waals surface area contributed by atoms with Crippen molar-refractivity contribution < 1.29 is 13.2 Å². The molecule has 0 bridgehead atoms. The molecule has 0 atom stereocenters. The fourth-order valence-electron chi connectivity index (χ4n) is 3.26. The van der Waals surface area contributed by atoms with Crippen molar-refractivity contribution >= 4 is 33.0 Å². The van der Waals surface area contributed by atoms with Crippen molar-refractivity contribution in [3.05, 3.63) is 47.5 Å². The molecule has 28 heavy (non-hydrogen) atoms. The maximum atomic E-state index is 12.9. The average molecular weight is 424 g/mol. The van der Waals surface area contributed by atoms with Gasteiger partial charge in [0.1, 0.15) is 5.75 Å². The van der Waals surface area contributed by atoms with Crippen LogP contribution in [0, 0.1) is 0 Å². The fraction of sp³-hybridized carbons (Fsp3) is 0.400. The molecule has 0 amide bonds. The van der Waals surface area contributed by atoms with E-state index in [9.17, 15) is 8.42 Å². The lowest BCUT2D eigenvalue weighted by Crippen LogP contribution is -2.46. The van der Waals surface area contributed by atoms with E-state index in [1.54, 1.807) is 24.3 Å². The molecule has 6 nitrogen and oxygen atoms in total. The van der Waals surface area contributed by atoms with Crippen molar-refractivity contribution in [3.63, 3.8) is 0 Å². The number of rotatable bonds is 7. The molecule has 2 aromatic carbocycles. The summed E-state index contributed by atoms with van der Waals surface area (Å²) in [4.78, 5) is 4.74. The van der Waals surface area contributed by atoms with Crippen LogP contribution >= 0.6 is 11.6 Å². The van der Waals surface area contributed by atoms with Crippen molar-refractivity contribution in [2.24, 2.45) is 0 Å². The molecule has 1 N–H and O–H groups in total. The summed E-state index contributed by atoms with van der Waals surface area (Å²) in [5.41, 5.74) is 1.33. The molecule has 1 saturated heterocycles. The van der Waals surface area contributed by atoms with Crippen LogP contribution in [0.5, 0.6) is 5.75 Å². The average Bonchev–Trinajstić information content (AvgIpc) is 2.69. The van der Waals surface area contributed by atoms with Crippen LogP contribution in [-0.2, 0) is 10.0 Å². The second-order valence-corrected chi connectivity index (χ2v) is 8.71. The largest absolute Gasteiger partial charge is 0.494 e. The van der Waals surface area contributed by atoms with E-state index in [0.717, 1.165) is 38.4 Å². The van der Waals surface area contributed by atoms with Gasteiger partial charge in [-0.15, -0.1) is 0 Å². The van der Waals surface area contributed by atoms with Crippen molar-refractivity contribution in [2.45, 2.75) is 18.7 Å². The van der Waals surface area contributed by atoms with E-state index in [2.05, 4.69) is 21.4 Å². The molecule has 2 aromatic rings. The van der Waals surface area contributed by atoms with E-state index in [1.807, 2.05) is 13.0 Å². The number of ether oxygens (including phenoxy) is 1. The number of sulfonamides is 1. The molecule has 1 heterocycles. The van der Waals surface area contributed by atoms with Crippen LogP contribution in [0.15, 0.2) is 47.4 Å². The summed E-state index contributed by atoms with van der Waals surface area (Å²) in [6.07, 6.45) is 0. The topological polar surface area (TPSA) is 61.9 Å². The highest BCUT2D eigenvalue weighted by molar-refractivity contribution is 7.92. The van der Waals surface area contributed by atoms with E-state index in [-0.39, 0.29) is 4.90 Å². The maximum Gasteiger partial charge on any atom is 0.261 e. The first-order chi connectivity index (χ1) is 13.4. The summed E-state index contributed by atoms with van der Waals surface area (Å²) < 4.78 is 33.9. The predicted octanol–water partition coefficient (Wildman–Crippen LogP) is 3.68. The van der Waals surface area contributed by atoms with Crippen LogP contribution < -0.4 is 14.4 Å². The molecule has 1 fully saturated rings. The summed E-state index contributed by atoms with van der Waals surface area (Å²) in [6, 6.07) is 11.7. The third-order valence-electron chi connectivity index (χ3n) is 4.81. The Morgan fingerprint density at radius 1 is 1.04 bits per heavy atom. The summed E-state index contributed by atoms with van der Waals surface area (Å²) in [6.45, 7) is 9.16. The number of nitrogens with zero attached hydrogens (tertiary/aromatic N) is 2. The zero-order chi connectivity index (χ0) is 20.1. The number of likely N-dealkylation sites (N-methyl/N-ethyl adjacent to an activating group) is 1. The van der Waals surface area contributed by atoms with Crippen molar-refractivity contribution in [2.75, 3.05) is 49.0 Å². The standard InChI is InChI=1S/C20H26ClN3O3S/c1-3-23-11-13-24(14-12-23)20-10-5-16(21)15-19(20)22-28(25,26)18-8-6-17(7-9-18)27-4-2/h5-10,15,22H,3-4,11-14H2,1-2H3. The maximum absolute atomic E-state index is 12.9. The van der Waals surface area contributed by atoms with Crippen molar-refractivity contribution in [1.29, 1.82) is 0 Å². The zero-order valence-electron chi connectivity index (χ0n) is 16.2. The van der Waals surface area contributed by atoms with Gasteiger partial charge in [-0.3, -0.25) is 4.72 Å². The highest BCUT2D eigenvalue weighted by Gasteiger charge is 2.22. The van der Waals surface area contributed by atoms with Gasteiger partial charge in [-0.2, -0.15) is 0 Å².